The van der Waals surface area contributed by atoms with Crippen LogP contribution < -0.4 is 5.32 Å². The van der Waals surface area contributed by atoms with Gasteiger partial charge >= 0.3 is 12.1 Å². The van der Waals surface area contributed by atoms with Crippen molar-refractivity contribution in [1.29, 1.82) is 0 Å². The maximum atomic E-state index is 13.1. The number of amides is 1. The van der Waals surface area contributed by atoms with E-state index in [2.05, 4.69) is 5.32 Å². The van der Waals surface area contributed by atoms with Gasteiger partial charge in [0.05, 0.1) is 5.56 Å². The lowest BCUT2D eigenvalue weighted by atomic mass is 10.0. The Morgan fingerprint density at radius 3 is 2.48 bits per heavy atom. The number of carboxylic acids is 1. The van der Waals surface area contributed by atoms with E-state index in [1.807, 2.05) is 0 Å². The number of carbonyl (C=O) groups is 2. The zero-order chi connectivity index (χ0) is 19.8. The molecule has 1 aromatic heterocycles. The van der Waals surface area contributed by atoms with Crippen LogP contribution in [0.3, 0.4) is 0 Å². The predicted molar refractivity (Wildman–Crippen MR) is 91.9 cm³/mol. The van der Waals surface area contributed by atoms with Gasteiger partial charge in [0.25, 0.3) is 5.91 Å². The van der Waals surface area contributed by atoms with Gasteiger partial charge in [0.1, 0.15) is 5.58 Å². The highest BCUT2D eigenvalue weighted by Gasteiger charge is 2.33. The van der Waals surface area contributed by atoms with Gasteiger partial charge in [-0.15, -0.1) is 0 Å². The third kappa shape index (κ3) is 3.79. The van der Waals surface area contributed by atoms with Crippen molar-refractivity contribution < 1.29 is 32.3 Å². The monoisotopic (exact) mass is 377 g/mol. The number of carboxylic acid groups (broad SMARTS) is 1. The number of furan rings is 1. The molecule has 0 fully saturated rings. The number of halogens is 3. The molecule has 2 aromatic carbocycles. The number of hydrogen-bond donors (Lipinski definition) is 2. The van der Waals surface area contributed by atoms with Crippen molar-refractivity contribution in [2.45, 2.75) is 19.5 Å². The molecule has 0 unspecified atom stereocenters. The molecule has 27 heavy (non-hydrogen) atoms. The maximum Gasteiger partial charge on any atom is 0.416 e. The van der Waals surface area contributed by atoms with Crippen LogP contribution in [0, 0.1) is 0 Å². The Balaban J connectivity index is 1.89. The van der Waals surface area contributed by atoms with E-state index in [9.17, 15) is 22.8 Å². The molecule has 0 bridgehead atoms. The predicted octanol–water partition coefficient (Wildman–Crippen LogP) is 4.96. The molecular formula is C19H14F3NO4. The van der Waals surface area contributed by atoms with Crippen molar-refractivity contribution >= 4 is 28.5 Å². The van der Waals surface area contributed by atoms with Crippen molar-refractivity contribution in [3.05, 3.63) is 64.9 Å². The highest BCUT2D eigenvalue weighted by molar-refractivity contribution is 6.06. The Morgan fingerprint density at radius 1 is 1.11 bits per heavy atom. The van der Waals surface area contributed by atoms with Crippen molar-refractivity contribution in [1.82, 2.24) is 0 Å². The highest BCUT2D eigenvalue weighted by atomic mass is 19.4. The Morgan fingerprint density at radius 2 is 1.85 bits per heavy atom. The van der Waals surface area contributed by atoms with Crippen LogP contribution in [0.2, 0.25) is 0 Å². The highest BCUT2D eigenvalue weighted by Crippen LogP contribution is 2.34. The topological polar surface area (TPSA) is 79.5 Å². The summed E-state index contributed by atoms with van der Waals surface area (Å²) in [7, 11) is 0. The average Bonchev–Trinajstić information content (AvgIpc) is 3.04. The lowest BCUT2D eigenvalue weighted by Gasteiger charge is -2.14. The molecule has 0 saturated heterocycles. The number of aryl methyl sites for hydroxylation is 1. The molecule has 2 N–H and O–H groups in total. The number of nitrogens with one attached hydrogen (secondary N) is 1. The second kappa shape index (κ2) is 6.79. The van der Waals surface area contributed by atoms with E-state index < -0.39 is 23.6 Å². The average molecular weight is 377 g/mol. The first-order chi connectivity index (χ1) is 12.7. The molecule has 0 aliphatic rings. The molecule has 3 rings (SSSR count). The standard InChI is InChI=1S/C19H14F3NO4/c1-2-10-5-6-13(9-14(10)19(20,21)22)23-17(24)12-4-3-11-7-16(18(25)26)27-15(11)8-12/h3-9H,2H2,1H3,(H,23,24)(H,25,26). The van der Waals surface area contributed by atoms with Gasteiger partial charge in [-0.05, 0) is 42.3 Å². The fraction of sp³-hybridized carbons (Fsp3) is 0.158. The summed E-state index contributed by atoms with van der Waals surface area (Å²) in [6.45, 7) is 1.62. The molecule has 5 nitrogen and oxygen atoms in total. The lowest BCUT2D eigenvalue weighted by molar-refractivity contribution is -0.138. The van der Waals surface area contributed by atoms with E-state index in [0.717, 1.165) is 6.07 Å². The van der Waals surface area contributed by atoms with Crippen LogP contribution in [0.4, 0.5) is 18.9 Å². The van der Waals surface area contributed by atoms with Gasteiger partial charge in [0, 0.05) is 16.6 Å². The molecule has 0 aliphatic heterocycles. The van der Waals surface area contributed by atoms with E-state index in [1.54, 1.807) is 6.92 Å². The maximum absolute atomic E-state index is 13.1. The van der Waals surface area contributed by atoms with Crippen molar-refractivity contribution in [2.24, 2.45) is 0 Å². The second-order valence-corrected chi connectivity index (χ2v) is 5.85. The van der Waals surface area contributed by atoms with Crippen LogP contribution in [-0.4, -0.2) is 17.0 Å². The Labute approximate surface area is 151 Å². The minimum Gasteiger partial charge on any atom is -0.475 e. The third-order valence-electron chi connectivity index (χ3n) is 4.05. The van der Waals surface area contributed by atoms with Gasteiger partial charge in [-0.1, -0.05) is 19.1 Å². The molecule has 0 radical (unpaired) electrons. The number of alkyl halides is 3. The first-order valence-corrected chi connectivity index (χ1v) is 7.97. The van der Waals surface area contributed by atoms with Crippen LogP contribution in [0.5, 0.6) is 0 Å². The number of carbonyl (C=O) groups excluding carboxylic acids is 1. The van der Waals surface area contributed by atoms with E-state index in [4.69, 9.17) is 9.52 Å². The van der Waals surface area contributed by atoms with E-state index in [1.165, 1.54) is 36.4 Å². The minimum atomic E-state index is -4.52. The first-order valence-electron chi connectivity index (χ1n) is 7.97. The fourth-order valence-electron chi connectivity index (χ4n) is 2.71. The van der Waals surface area contributed by atoms with Crippen LogP contribution in [0.15, 0.2) is 46.9 Å². The molecule has 0 aliphatic carbocycles. The van der Waals surface area contributed by atoms with Gasteiger partial charge in [-0.25, -0.2) is 4.79 Å². The molecule has 0 saturated carbocycles. The summed E-state index contributed by atoms with van der Waals surface area (Å²) in [5.41, 5.74) is -0.330. The van der Waals surface area contributed by atoms with E-state index >= 15 is 0 Å². The summed E-state index contributed by atoms with van der Waals surface area (Å²) in [6, 6.07) is 9.21. The summed E-state index contributed by atoms with van der Waals surface area (Å²) in [5.74, 6) is -2.15. The summed E-state index contributed by atoms with van der Waals surface area (Å²) >= 11 is 0. The summed E-state index contributed by atoms with van der Waals surface area (Å²) in [5, 5.41) is 11.8. The number of aromatic carboxylic acids is 1. The second-order valence-electron chi connectivity index (χ2n) is 5.85. The minimum absolute atomic E-state index is 0.00953. The largest absolute Gasteiger partial charge is 0.475 e. The van der Waals surface area contributed by atoms with Gasteiger partial charge < -0.3 is 14.8 Å². The van der Waals surface area contributed by atoms with E-state index in [0.29, 0.717) is 5.39 Å². The van der Waals surface area contributed by atoms with E-state index in [-0.39, 0.29) is 34.6 Å². The number of hydrogen-bond acceptors (Lipinski definition) is 3. The van der Waals surface area contributed by atoms with Gasteiger partial charge in [-0.3, -0.25) is 4.79 Å². The fourth-order valence-corrected chi connectivity index (χ4v) is 2.71. The van der Waals surface area contributed by atoms with Crippen molar-refractivity contribution in [3.63, 3.8) is 0 Å². The van der Waals surface area contributed by atoms with Crippen LogP contribution in [0.1, 0.15) is 39.0 Å². The van der Waals surface area contributed by atoms with Crippen LogP contribution in [-0.2, 0) is 12.6 Å². The molecule has 0 atom stereocenters. The summed E-state index contributed by atoms with van der Waals surface area (Å²) < 4.78 is 44.6. The van der Waals surface area contributed by atoms with Gasteiger partial charge in [0.15, 0.2) is 0 Å². The smallest absolute Gasteiger partial charge is 0.416 e. The van der Waals surface area contributed by atoms with Gasteiger partial charge in [0.2, 0.25) is 5.76 Å². The summed E-state index contributed by atoms with van der Waals surface area (Å²) in [4.78, 5) is 23.3. The molecule has 3 aromatic rings. The quantitative estimate of drug-likeness (QED) is 0.673. The molecule has 140 valence electrons. The Hall–Kier alpha value is -3.29. The molecule has 1 amide bonds. The van der Waals surface area contributed by atoms with Crippen LogP contribution in [0.25, 0.3) is 11.0 Å². The van der Waals surface area contributed by atoms with Crippen molar-refractivity contribution in [3.8, 4) is 0 Å². The molecule has 0 spiro atoms. The Kier molecular flexibility index (Phi) is 4.65. The summed E-state index contributed by atoms with van der Waals surface area (Å²) in [6.07, 6.45) is -4.31. The normalized spacial score (nSPS) is 11.6. The lowest BCUT2D eigenvalue weighted by Crippen LogP contribution is -2.14. The zero-order valence-electron chi connectivity index (χ0n) is 14.1. The molecule has 1 heterocycles. The molecular weight excluding hydrogens is 363 g/mol. The number of benzene rings is 2. The molecule has 8 heteroatoms. The number of anilines is 1. The van der Waals surface area contributed by atoms with Crippen LogP contribution >= 0.6 is 0 Å². The first kappa shape index (κ1) is 18.5. The zero-order valence-corrected chi connectivity index (χ0v) is 14.1. The van der Waals surface area contributed by atoms with Gasteiger partial charge in [-0.2, -0.15) is 13.2 Å². The number of fused-ring (bicyclic) bond motifs is 1. The van der Waals surface area contributed by atoms with Crippen molar-refractivity contribution in [2.75, 3.05) is 5.32 Å². The Bertz CT molecular complexity index is 1040. The SMILES string of the molecule is CCc1ccc(NC(=O)c2ccc3cc(C(=O)O)oc3c2)cc1C(F)(F)F. The third-order valence-corrected chi connectivity index (χ3v) is 4.05. The number of rotatable bonds is 4.